The van der Waals surface area contributed by atoms with Crippen molar-refractivity contribution in [1.29, 1.82) is 0 Å². The van der Waals surface area contributed by atoms with Crippen molar-refractivity contribution in [3.8, 4) is 11.8 Å². The van der Waals surface area contributed by atoms with Gasteiger partial charge in [-0.05, 0) is 50.9 Å². The van der Waals surface area contributed by atoms with Crippen molar-refractivity contribution < 1.29 is 5.11 Å². The van der Waals surface area contributed by atoms with E-state index in [2.05, 4.69) is 30.9 Å². The van der Waals surface area contributed by atoms with E-state index in [1.54, 1.807) is 11.1 Å². The van der Waals surface area contributed by atoms with Gasteiger partial charge in [-0.25, -0.2) is 0 Å². The summed E-state index contributed by atoms with van der Waals surface area (Å²) in [7, 11) is 0. The first-order valence-electron chi connectivity index (χ1n) is 7.75. The summed E-state index contributed by atoms with van der Waals surface area (Å²) in [6.07, 6.45) is 11.4. The maximum atomic E-state index is 9.86. The summed E-state index contributed by atoms with van der Waals surface area (Å²) in [6, 6.07) is 0. The number of aliphatic hydroxyl groups is 1. The molecule has 0 bridgehead atoms. The Bertz CT molecular complexity index is 530. The second-order valence-electron chi connectivity index (χ2n) is 7.01. The van der Waals surface area contributed by atoms with E-state index in [1.807, 2.05) is 0 Å². The minimum absolute atomic E-state index is 0.0806. The number of hydrogen-bond donors (Lipinski definition) is 1. The summed E-state index contributed by atoms with van der Waals surface area (Å²) < 4.78 is 0. The van der Waals surface area contributed by atoms with Gasteiger partial charge in [0.2, 0.25) is 0 Å². The van der Waals surface area contributed by atoms with E-state index in [0.29, 0.717) is 11.8 Å². The van der Waals surface area contributed by atoms with Crippen molar-refractivity contribution in [2.45, 2.75) is 51.6 Å². The van der Waals surface area contributed by atoms with Crippen LogP contribution in [-0.2, 0) is 0 Å². The van der Waals surface area contributed by atoms with Gasteiger partial charge in [0.15, 0.2) is 0 Å². The predicted octanol–water partition coefficient (Wildman–Crippen LogP) is 3.45. The van der Waals surface area contributed by atoms with Gasteiger partial charge >= 0.3 is 0 Å². The van der Waals surface area contributed by atoms with Crippen LogP contribution in [-0.4, -0.2) is 11.2 Å². The maximum Gasteiger partial charge on any atom is 0.0580 e. The molecule has 100 valence electrons. The highest BCUT2D eigenvalue weighted by Gasteiger charge is 2.47. The lowest BCUT2D eigenvalue weighted by molar-refractivity contribution is 0.129. The second-order valence-corrected chi connectivity index (χ2v) is 7.01. The summed E-state index contributed by atoms with van der Waals surface area (Å²) in [5.74, 6) is 8.96. The molecule has 0 spiro atoms. The normalized spacial score (nSPS) is 47.1. The molecule has 1 nitrogen and oxygen atoms in total. The Balaban J connectivity index is 1.71. The summed E-state index contributed by atoms with van der Waals surface area (Å²) in [4.78, 5) is 0. The number of fused-ring (bicyclic) bond motifs is 4. The number of aliphatic hydroxyl groups excluding tert-OH is 1. The van der Waals surface area contributed by atoms with Crippen LogP contribution in [0.3, 0.4) is 0 Å². The molecular formula is C18H22O. The highest BCUT2D eigenvalue weighted by Crippen LogP contribution is 2.54. The van der Waals surface area contributed by atoms with Crippen LogP contribution in [0, 0.1) is 35.0 Å². The van der Waals surface area contributed by atoms with Gasteiger partial charge in [-0.2, -0.15) is 0 Å². The third-order valence-corrected chi connectivity index (χ3v) is 5.94. The van der Waals surface area contributed by atoms with Crippen LogP contribution in [0.15, 0.2) is 23.3 Å². The first-order valence-corrected chi connectivity index (χ1v) is 7.75. The van der Waals surface area contributed by atoms with Crippen molar-refractivity contribution in [3.05, 3.63) is 23.3 Å². The highest BCUT2D eigenvalue weighted by atomic mass is 16.3. The van der Waals surface area contributed by atoms with E-state index in [-0.39, 0.29) is 11.5 Å². The van der Waals surface area contributed by atoms with Gasteiger partial charge in [0.05, 0.1) is 11.5 Å². The molecule has 5 unspecified atom stereocenters. The molecule has 0 aromatic heterocycles. The monoisotopic (exact) mass is 254 g/mol. The van der Waals surface area contributed by atoms with Crippen molar-refractivity contribution in [2.75, 3.05) is 0 Å². The molecule has 0 saturated heterocycles. The molecule has 0 fully saturated rings. The van der Waals surface area contributed by atoms with Gasteiger partial charge in [-0.3, -0.25) is 0 Å². The molecule has 0 aromatic carbocycles. The Morgan fingerprint density at radius 3 is 3.11 bits per heavy atom. The predicted molar refractivity (Wildman–Crippen MR) is 76.2 cm³/mol. The zero-order chi connectivity index (χ0) is 13.0. The van der Waals surface area contributed by atoms with Crippen molar-refractivity contribution in [2.24, 2.45) is 23.2 Å². The molecule has 4 rings (SSSR count). The molecule has 1 N–H and O–H groups in total. The fourth-order valence-electron chi connectivity index (χ4n) is 4.89. The van der Waals surface area contributed by atoms with E-state index >= 15 is 0 Å². The van der Waals surface area contributed by atoms with Crippen LogP contribution in [0.25, 0.3) is 0 Å². The number of allylic oxidation sites excluding steroid dienone is 3. The molecule has 0 saturated carbocycles. The van der Waals surface area contributed by atoms with Crippen molar-refractivity contribution in [3.63, 3.8) is 0 Å². The molecule has 5 atom stereocenters. The smallest absolute Gasteiger partial charge is 0.0580 e. The lowest BCUT2D eigenvalue weighted by atomic mass is 9.57. The molecule has 0 amide bonds. The minimum Gasteiger partial charge on any atom is -0.393 e. The lowest BCUT2D eigenvalue weighted by Crippen LogP contribution is -2.39. The Labute approximate surface area is 115 Å². The van der Waals surface area contributed by atoms with Crippen molar-refractivity contribution in [1.82, 2.24) is 0 Å². The minimum atomic E-state index is -0.0806. The topological polar surface area (TPSA) is 20.2 Å². The van der Waals surface area contributed by atoms with E-state index in [0.717, 1.165) is 31.6 Å². The lowest BCUT2D eigenvalue weighted by Gasteiger charge is -2.46. The van der Waals surface area contributed by atoms with Gasteiger partial charge in [-0.15, -0.1) is 5.92 Å². The van der Waals surface area contributed by atoms with Crippen LogP contribution < -0.4 is 0 Å². The SMILES string of the molecule is CC12C#CCC1C1CCC3=C(CCC(O)C3)C1C=C2. The third kappa shape index (κ3) is 1.66. The molecule has 0 heterocycles. The average molecular weight is 254 g/mol. The van der Waals surface area contributed by atoms with Crippen LogP contribution in [0.5, 0.6) is 0 Å². The quantitative estimate of drug-likeness (QED) is 0.518. The summed E-state index contributed by atoms with van der Waals surface area (Å²) in [5.41, 5.74) is 3.40. The third-order valence-electron chi connectivity index (χ3n) is 5.94. The first-order chi connectivity index (χ1) is 9.17. The van der Waals surface area contributed by atoms with E-state index in [4.69, 9.17) is 0 Å². The van der Waals surface area contributed by atoms with Crippen LogP contribution in [0.2, 0.25) is 0 Å². The zero-order valence-electron chi connectivity index (χ0n) is 11.7. The average Bonchev–Trinajstić information content (AvgIpc) is 2.79. The van der Waals surface area contributed by atoms with E-state index in [1.165, 1.54) is 12.8 Å². The molecule has 0 aromatic rings. The summed E-state index contributed by atoms with van der Waals surface area (Å²) >= 11 is 0. The van der Waals surface area contributed by atoms with Gasteiger partial charge in [0.25, 0.3) is 0 Å². The molecule has 4 aliphatic rings. The molecule has 19 heavy (non-hydrogen) atoms. The number of rotatable bonds is 0. The van der Waals surface area contributed by atoms with Gasteiger partial charge < -0.3 is 5.11 Å². The molecular weight excluding hydrogens is 232 g/mol. The van der Waals surface area contributed by atoms with Gasteiger partial charge in [0.1, 0.15) is 0 Å². The van der Waals surface area contributed by atoms with Crippen LogP contribution in [0.1, 0.15) is 45.4 Å². The standard InChI is InChI=1S/C18H22O/c1-18-9-2-3-17(18)16-6-4-12-11-13(19)5-7-14(12)15(16)8-10-18/h8,10,13,15-17,19H,3-7,11H2,1H3. The van der Waals surface area contributed by atoms with Crippen molar-refractivity contribution >= 4 is 0 Å². The Kier molecular flexibility index (Phi) is 2.48. The summed E-state index contributed by atoms with van der Waals surface area (Å²) in [5, 5.41) is 9.86. The molecule has 0 aliphatic heterocycles. The van der Waals surface area contributed by atoms with Gasteiger partial charge in [0, 0.05) is 12.3 Å². The fourth-order valence-corrected chi connectivity index (χ4v) is 4.89. The molecule has 0 radical (unpaired) electrons. The molecule has 1 heteroatoms. The zero-order valence-corrected chi connectivity index (χ0v) is 11.7. The van der Waals surface area contributed by atoms with Crippen LogP contribution >= 0.6 is 0 Å². The largest absolute Gasteiger partial charge is 0.393 e. The first kappa shape index (κ1) is 11.8. The number of hydrogen-bond acceptors (Lipinski definition) is 1. The Morgan fingerprint density at radius 2 is 2.21 bits per heavy atom. The Hall–Kier alpha value is -1.00. The Morgan fingerprint density at radius 1 is 1.32 bits per heavy atom. The van der Waals surface area contributed by atoms with Crippen LogP contribution in [0.4, 0.5) is 0 Å². The van der Waals surface area contributed by atoms with E-state index in [9.17, 15) is 5.11 Å². The van der Waals surface area contributed by atoms with E-state index < -0.39 is 0 Å². The highest BCUT2D eigenvalue weighted by molar-refractivity contribution is 5.37. The molecule has 4 aliphatic carbocycles. The maximum absolute atomic E-state index is 9.86. The summed E-state index contributed by atoms with van der Waals surface area (Å²) in [6.45, 7) is 2.32. The second kappa shape index (κ2) is 4.00. The fraction of sp³-hybridized carbons (Fsp3) is 0.667. The van der Waals surface area contributed by atoms with Gasteiger partial charge in [-0.1, -0.05) is 29.2 Å².